The van der Waals surface area contributed by atoms with Gasteiger partial charge in [-0.1, -0.05) is 12.1 Å². The summed E-state index contributed by atoms with van der Waals surface area (Å²) >= 11 is 0. The van der Waals surface area contributed by atoms with Gasteiger partial charge in [0.05, 0.1) is 6.33 Å². The van der Waals surface area contributed by atoms with Crippen LogP contribution < -0.4 is 10.9 Å². The maximum absolute atomic E-state index is 11.7. The third-order valence-electron chi connectivity index (χ3n) is 3.26. The second-order valence-corrected chi connectivity index (χ2v) is 5.24. The van der Waals surface area contributed by atoms with Crippen LogP contribution in [0.5, 0.6) is 0 Å². The molecule has 1 aromatic carbocycles. The molecular weight excluding hydrogens is 342 g/mol. The van der Waals surface area contributed by atoms with Crippen molar-refractivity contribution in [3.8, 4) is 5.69 Å². The Morgan fingerprint density at radius 2 is 1.85 bits per heavy atom. The summed E-state index contributed by atoms with van der Waals surface area (Å²) in [6.07, 6.45) is 0.275. The zero-order chi connectivity index (χ0) is 19.3. The van der Waals surface area contributed by atoms with Crippen molar-refractivity contribution < 1.29 is 19.8 Å². The number of imidazole rings is 1. The molecule has 4 N–H and O–H groups in total. The fourth-order valence-electron chi connectivity index (χ4n) is 2.26. The first-order valence-electron chi connectivity index (χ1n) is 7.48. The number of H-pyrrole nitrogens is 1. The molecule has 0 fully saturated rings. The Hall–Kier alpha value is -3.69. The van der Waals surface area contributed by atoms with Crippen LogP contribution in [0.1, 0.15) is 18.3 Å². The van der Waals surface area contributed by atoms with Crippen molar-refractivity contribution in [3.05, 3.63) is 52.3 Å². The van der Waals surface area contributed by atoms with Crippen molar-refractivity contribution in [1.29, 1.82) is 0 Å². The van der Waals surface area contributed by atoms with Crippen LogP contribution in [0.25, 0.3) is 16.9 Å². The fourth-order valence-corrected chi connectivity index (χ4v) is 2.26. The topological polar surface area (TPSA) is 150 Å². The lowest BCUT2D eigenvalue weighted by Crippen LogP contribution is -2.19. The van der Waals surface area contributed by atoms with Crippen LogP contribution in [0, 0.1) is 6.92 Å². The van der Waals surface area contributed by atoms with Crippen LogP contribution in [0.15, 0.2) is 35.4 Å². The Balaban J connectivity index is 0.000000552. The van der Waals surface area contributed by atoms with Crippen molar-refractivity contribution in [2.75, 3.05) is 0 Å². The first kappa shape index (κ1) is 18.6. The van der Waals surface area contributed by atoms with Crippen LogP contribution in [-0.4, -0.2) is 41.8 Å². The number of aliphatic carboxylic acids is 1. The molecular formula is C16H17N5O5. The second-order valence-electron chi connectivity index (χ2n) is 5.24. The van der Waals surface area contributed by atoms with E-state index in [2.05, 4.69) is 20.3 Å². The minimum Gasteiger partial charge on any atom is -0.481 e. The molecule has 0 radical (unpaired) electrons. The fraction of sp³-hybridized carbons (Fsp3) is 0.188. The number of amides is 1. The predicted molar refractivity (Wildman–Crippen MR) is 92.4 cm³/mol. The van der Waals surface area contributed by atoms with E-state index in [4.69, 9.17) is 15.0 Å². The zero-order valence-electron chi connectivity index (χ0n) is 14.1. The largest absolute Gasteiger partial charge is 0.481 e. The maximum Gasteiger partial charge on any atom is 0.404 e. The van der Waals surface area contributed by atoms with E-state index in [9.17, 15) is 9.59 Å². The van der Waals surface area contributed by atoms with Gasteiger partial charge in [-0.3, -0.25) is 14.2 Å². The van der Waals surface area contributed by atoms with Crippen molar-refractivity contribution in [1.82, 2.24) is 24.8 Å². The van der Waals surface area contributed by atoms with E-state index in [1.165, 1.54) is 6.33 Å². The number of aryl methyl sites for hydroxylation is 1. The van der Waals surface area contributed by atoms with E-state index < -0.39 is 12.1 Å². The SMILES string of the molecule is CC(=O)O.Cc1nc2c(=O)[nH]cnc2n1-c1ccc(CNC(=O)O)cc1. The van der Waals surface area contributed by atoms with Crippen LogP contribution >= 0.6 is 0 Å². The number of rotatable bonds is 3. The number of nitrogens with one attached hydrogen (secondary N) is 2. The molecule has 2 aromatic heterocycles. The smallest absolute Gasteiger partial charge is 0.404 e. The summed E-state index contributed by atoms with van der Waals surface area (Å²) in [5, 5.41) is 18.3. The molecule has 10 heteroatoms. The van der Waals surface area contributed by atoms with Crippen LogP contribution in [0.2, 0.25) is 0 Å². The average molecular weight is 359 g/mol. The molecule has 0 saturated carbocycles. The zero-order valence-corrected chi connectivity index (χ0v) is 14.1. The Morgan fingerprint density at radius 1 is 1.23 bits per heavy atom. The first-order chi connectivity index (χ1) is 12.3. The van der Waals surface area contributed by atoms with Gasteiger partial charge >= 0.3 is 6.09 Å². The number of aromatic nitrogens is 4. The number of carboxylic acid groups (broad SMARTS) is 2. The second kappa shape index (κ2) is 7.92. The molecule has 3 aromatic rings. The summed E-state index contributed by atoms with van der Waals surface area (Å²) in [7, 11) is 0. The van der Waals surface area contributed by atoms with Gasteiger partial charge in [0.1, 0.15) is 5.82 Å². The highest BCUT2D eigenvalue weighted by atomic mass is 16.4. The van der Waals surface area contributed by atoms with Gasteiger partial charge in [0.2, 0.25) is 0 Å². The number of hydrogen-bond donors (Lipinski definition) is 4. The van der Waals surface area contributed by atoms with Gasteiger partial charge in [-0.05, 0) is 24.6 Å². The van der Waals surface area contributed by atoms with Gasteiger partial charge in [0.25, 0.3) is 11.5 Å². The molecule has 0 atom stereocenters. The molecule has 0 saturated heterocycles. The lowest BCUT2D eigenvalue weighted by Gasteiger charge is -2.07. The standard InChI is InChI=1S/C14H13N5O3.C2H4O2/c1-8-18-11-12(16-7-17-13(11)20)19(8)10-4-2-9(3-5-10)6-15-14(21)22;1-2(3)4/h2-5,7,15H,6H2,1H3,(H,21,22)(H,16,17,20);1H3,(H,3,4). The minimum absolute atomic E-state index is 0.233. The van der Waals surface area contributed by atoms with E-state index in [1.54, 1.807) is 11.5 Å². The highest BCUT2D eigenvalue weighted by molar-refractivity contribution is 5.72. The summed E-state index contributed by atoms with van der Waals surface area (Å²) in [5.41, 5.74) is 2.12. The number of aromatic amines is 1. The Bertz CT molecular complexity index is 986. The van der Waals surface area contributed by atoms with E-state index in [0.717, 1.165) is 18.2 Å². The minimum atomic E-state index is -1.07. The summed E-state index contributed by atoms with van der Waals surface area (Å²) in [6.45, 7) is 3.11. The van der Waals surface area contributed by atoms with Gasteiger partial charge in [-0.2, -0.15) is 0 Å². The summed E-state index contributed by atoms with van der Waals surface area (Å²) < 4.78 is 1.78. The van der Waals surface area contributed by atoms with Gasteiger partial charge in [-0.25, -0.2) is 14.8 Å². The molecule has 0 bridgehead atoms. The number of nitrogens with zero attached hydrogens (tertiary/aromatic N) is 3. The Kier molecular flexibility index (Phi) is 5.68. The molecule has 0 aliphatic rings. The van der Waals surface area contributed by atoms with Crippen LogP contribution in [0.3, 0.4) is 0 Å². The average Bonchev–Trinajstić information content (AvgIpc) is 2.90. The third-order valence-corrected chi connectivity index (χ3v) is 3.26. The quantitative estimate of drug-likeness (QED) is 0.550. The van der Waals surface area contributed by atoms with Crippen molar-refractivity contribution in [3.63, 3.8) is 0 Å². The number of carboxylic acids is 1. The highest BCUT2D eigenvalue weighted by Gasteiger charge is 2.12. The van der Waals surface area contributed by atoms with Crippen LogP contribution in [0.4, 0.5) is 4.79 Å². The van der Waals surface area contributed by atoms with E-state index in [1.807, 2.05) is 24.3 Å². The van der Waals surface area contributed by atoms with Crippen LogP contribution in [-0.2, 0) is 11.3 Å². The van der Waals surface area contributed by atoms with Crippen molar-refractivity contribution in [2.24, 2.45) is 0 Å². The molecule has 0 unspecified atom stereocenters. The molecule has 1 amide bonds. The molecule has 10 nitrogen and oxygen atoms in total. The van der Waals surface area contributed by atoms with E-state index in [-0.39, 0.29) is 17.6 Å². The van der Waals surface area contributed by atoms with Gasteiger partial charge < -0.3 is 20.5 Å². The monoisotopic (exact) mass is 359 g/mol. The van der Waals surface area contributed by atoms with E-state index in [0.29, 0.717) is 11.5 Å². The molecule has 136 valence electrons. The number of fused-ring (bicyclic) bond motifs is 1. The molecule has 3 rings (SSSR count). The van der Waals surface area contributed by atoms with E-state index >= 15 is 0 Å². The van der Waals surface area contributed by atoms with Gasteiger partial charge in [-0.15, -0.1) is 0 Å². The Morgan fingerprint density at radius 3 is 2.42 bits per heavy atom. The molecule has 2 heterocycles. The van der Waals surface area contributed by atoms with Gasteiger partial charge in [0.15, 0.2) is 11.2 Å². The predicted octanol–water partition coefficient (Wildman–Crippen LogP) is 1.28. The number of benzene rings is 1. The highest BCUT2D eigenvalue weighted by Crippen LogP contribution is 2.17. The Labute approximate surface area is 147 Å². The maximum atomic E-state index is 11.7. The lowest BCUT2D eigenvalue weighted by atomic mass is 10.2. The normalized spacial score (nSPS) is 10.1. The molecule has 0 spiro atoms. The summed E-state index contributed by atoms with van der Waals surface area (Å²) in [4.78, 5) is 42.1. The molecule has 26 heavy (non-hydrogen) atoms. The van der Waals surface area contributed by atoms with Gasteiger partial charge in [0, 0.05) is 19.2 Å². The molecule has 0 aliphatic carbocycles. The number of carbonyl (C=O) groups is 2. The summed E-state index contributed by atoms with van der Waals surface area (Å²) in [5.74, 6) is -0.185. The third kappa shape index (κ3) is 4.44. The molecule has 0 aliphatic heterocycles. The van der Waals surface area contributed by atoms with Crippen molar-refractivity contribution in [2.45, 2.75) is 20.4 Å². The van der Waals surface area contributed by atoms with Crippen molar-refractivity contribution >= 4 is 23.2 Å². The lowest BCUT2D eigenvalue weighted by molar-refractivity contribution is -0.134. The summed E-state index contributed by atoms with van der Waals surface area (Å²) in [6, 6.07) is 7.28. The number of hydrogen-bond acceptors (Lipinski definition) is 5. The first-order valence-corrected chi connectivity index (χ1v) is 7.48.